The third-order valence-corrected chi connectivity index (χ3v) is 4.99. The Bertz CT molecular complexity index is 169. The maximum Gasteiger partial charge on any atom is 0.0471 e. The Morgan fingerprint density at radius 3 is 2.29 bits per heavy atom. The molecule has 0 saturated carbocycles. The summed E-state index contributed by atoms with van der Waals surface area (Å²) in [5.74, 6) is 2.22. The summed E-state index contributed by atoms with van der Waals surface area (Å²) >= 11 is 6.57. The van der Waals surface area contributed by atoms with E-state index in [1.807, 2.05) is 0 Å². The van der Waals surface area contributed by atoms with Gasteiger partial charge < -0.3 is 4.74 Å². The quantitative estimate of drug-likeness (QED) is 0.751. The van der Waals surface area contributed by atoms with Crippen molar-refractivity contribution in [3.63, 3.8) is 0 Å². The van der Waals surface area contributed by atoms with Gasteiger partial charge in [0.1, 0.15) is 0 Å². The number of thiol groups is 1. The number of ether oxygens (including phenoxy) is 1. The van der Waals surface area contributed by atoms with Crippen molar-refractivity contribution in [2.45, 2.75) is 38.4 Å². The molecule has 1 nitrogen and oxygen atoms in total. The van der Waals surface area contributed by atoms with Crippen LogP contribution in [0.25, 0.3) is 0 Å². The number of thioether (sulfide) groups is 1. The number of rotatable bonds is 3. The maximum atomic E-state index is 5.42. The molecule has 1 aliphatic heterocycles. The Labute approximate surface area is 97.8 Å². The van der Waals surface area contributed by atoms with Crippen LogP contribution in [0.1, 0.15) is 33.6 Å². The van der Waals surface area contributed by atoms with Crippen LogP contribution in [-0.4, -0.2) is 29.5 Å². The third-order valence-electron chi connectivity index (χ3n) is 2.70. The Hall–Kier alpha value is 0.660. The molecule has 0 amide bonds. The zero-order valence-electron chi connectivity index (χ0n) is 9.51. The van der Waals surface area contributed by atoms with Gasteiger partial charge in [-0.3, -0.25) is 0 Å². The lowest BCUT2D eigenvalue weighted by molar-refractivity contribution is 0.0370. The van der Waals surface area contributed by atoms with Gasteiger partial charge in [0.25, 0.3) is 0 Å². The predicted molar refractivity (Wildman–Crippen MR) is 68.6 cm³/mol. The van der Waals surface area contributed by atoms with Crippen LogP contribution in [0, 0.1) is 5.41 Å². The van der Waals surface area contributed by atoms with Crippen LogP contribution in [0.2, 0.25) is 0 Å². The fraction of sp³-hybridized carbons (Fsp3) is 1.00. The lowest BCUT2D eigenvalue weighted by Gasteiger charge is -2.37. The third kappa shape index (κ3) is 4.03. The normalized spacial score (nSPS) is 22.3. The molecule has 14 heavy (non-hydrogen) atoms. The summed E-state index contributed by atoms with van der Waals surface area (Å²) in [6.07, 6.45) is 2.36. The van der Waals surface area contributed by atoms with Gasteiger partial charge in [-0.05, 0) is 24.0 Å². The molecule has 1 fully saturated rings. The molecule has 0 atom stereocenters. The van der Waals surface area contributed by atoms with Gasteiger partial charge in [0.2, 0.25) is 0 Å². The monoisotopic (exact) mass is 234 g/mol. The smallest absolute Gasteiger partial charge is 0.0471 e. The molecular formula is C11H22OS2. The summed E-state index contributed by atoms with van der Waals surface area (Å²) in [6, 6.07) is 0. The highest BCUT2D eigenvalue weighted by Crippen LogP contribution is 2.38. The first kappa shape index (κ1) is 12.7. The summed E-state index contributed by atoms with van der Waals surface area (Å²) in [7, 11) is 0. The van der Waals surface area contributed by atoms with Crippen LogP contribution in [0.15, 0.2) is 0 Å². The van der Waals surface area contributed by atoms with E-state index >= 15 is 0 Å². The van der Waals surface area contributed by atoms with Crippen molar-refractivity contribution in [1.29, 1.82) is 0 Å². The molecule has 0 bridgehead atoms. The minimum atomic E-state index is 0.369. The van der Waals surface area contributed by atoms with E-state index in [0.29, 0.717) is 10.2 Å². The molecule has 0 spiro atoms. The van der Waals surface area contributed by atoms with E-state index in [4.69, 9.17) is 4.74 Å². The van der Waals surface area contributed by atoms with Crippen molar-refractivity contribution in [2.75, 3.05) is 24.7 Å². The van der Waals surface area contributed by atoms with E-state index in [1.165, 1.54) is 18.6 Å². The molecule has 0 aromatic rings. The van der Waals surface area contributed by atoms with Gasteiger partial charge in [0.15, 0.2) is 0 Å². The average Bonchev–Trinajstić information content (AvgIpc) is 2.15. The first-order valence-corrected chi connectivity index (χ1v) is 6.92. The van der Waals surface area contributed by atoms with E-state index in [2.05, 4.69) is 45.2 Å². The average molecular weight is 234 g/mol. The number of hydrogen-bond donors (Lipinski definition) is 1. The Morgan fingerprint density at radius 1 is 1.29 bits per heavy atom. The molecule has 1 rings (SSSR count). The van der Waals surface area contributed by atoms with Gasteiger partial charge in [-0.25, -0.2) is 0 Å². The van der Waals surface area contributed by atoms with Crippen molar-refractivity contribution in [2.24, 2.45) is 5.41 Å². The van der Waals surface area contributed by atoms with Crippen LogP contribution in [0.3, 0.4) is 0 Å². The Morgan fingerprint density at radius 2 is 1.86 bits per heavy atom. The zero-order valence-corrected chi connectivity index (χ0v) is 11.2. The molecule has 3 heteroatoms. The van der Waals surface area contributed by atoms with E-state index in [-0.39, 0.29) is 0 Å². The van der Waals surface area contributed by atoms with Crippen molar-refractivity contribution in [3.8, 4) is 0 Å². The molecule has 0 aromatic carbocycles. The zero-order chi connectivity index (χ0) is 10.7. The highest BCUT2D eigenvalue weighted by Gasteiger charge is 2.32. The van der Waals surface area contributed by atoms with Gasteiger partial charge in [-0.1, -0.05) is 20.8 Å². The van der Waals surface area contributed by atoms with Crippen LogP contribution >= 0.6 is 24.4 Å². The first-order valence-electron chi connectivity index (χ1n) is 5.30. The topological polar surface area (TPSA) is 9.23 Å². The summed E-state index contributed by atoms with van der Waals surface area (Å²) in [6.45, 7) is 8.69. The highest BCUT2D eigenvalue weighted by molar-refractivity contribution is 8.00. The van der Waals surface area contributed by atoms with E-state index in [0.717, 1.165) is 19.0 Å². The molecule has 1 saturated heterocycles. The van der Waals surface area contributed by atoms with E-state index < -0.39 is 0 Å². The van der Waals surface area contributed by atoms with Gasteiger partial charge in [0.05, 0.1) is 0 Å². The highest BCUT2D eigenvalue weighted by atomic mass is 32.2. The standard InChI is InChI=1S/C11H22OS2/c1-10(2,3)14-9-11(8-13)4-6-12-7-5-11/h13H,4-9H2,1-3H3. The summed E-state index contributed by atoms with van der Waals surface area (Å²) in [5, 5.41) is 0. The Balaban J connectivity index is 2.44. The minimum Gasteiger partial charge on any atom is -0.381 e. The fourth-order valence-electron chi connectivity index (χ4n) is 1.52. The van der Waals surface area contributed by atoms with Crippen LogP contribution in [0.5, 0.6) is 0 Å². The minimum absolute atomic E-state index is 0.369. The molecule has 0 N–H and O–H groups in total. The first-order chi connectivity index (χ1) is 6.47. The molecule has 0 aromatic heterocycles. The van der Waals surface area contributed by atoms with Crippen molar-refractivity contribution < 1.29 is 4.74 Å². The predicted octanol–water partition coefficient (Wildman–Crippen LogP) is 3.24. The SMILES string of the molecule is CC(C)(C)SCC1(CS)CCOCC1. The lowest BCUT2D eigenvalue weighted by atomic mass is 9.84. The molecule has 0 unspecified atom stereocenters. The summed E-state index contributed by atoms with van der Waals surface area (Å²) in [4.78, 5) is 0. The molecule has 84 valence electrons. The van der Waals surface area contributed by atoms with E-state index in [1.54, 1.807) is 0 Å². The van der Waals surface area contributed by atoms with Crippen molar-refractivity contribution in [3.05, 3.63) is 0 Å². The second-order valence-corrected chi connectivity index (χ2v) is 7.29. The van der Waals surface area contributed by atoms with Crippen LogP contribution in [-0.2, 0) is 4.74 Å². The van der Waals surface area contributed by atoms with Gasteiger partial charge in [-0.2, -0.15) is 24.4 Å². The van der Waals surface area contributed by atoms with Gasteiger partial charge >= 0.3 is 0 Å². The largest absolute Gasteiger partial charge is 0.381 e. The molecule has 1 aliphatic rings. The maximum absolute atomic E-state index is 5.42. The lowest BCUT2D eigenvalue weighted by Crippen LogP contribution is -2.34. The molecular weight excluding hydrogens is 212 g/mol. The molecule has 0 aliphatic carbocycles. The van der Waals surface area contributed by atoms with Crippen LogP contribution in [0.4, 0.5) is 0 Å². The van der Waals surface area contributed by atoms with Crippen molar-refractivity contribution in [1.82, 2.24) is 0 Å². The molecule has 1 heterocycles. The summed E-state index contributed by atoms with van der Waals surface area (Å²) < 4.78 is 5.78. The van der Waals surface area contributed by atoms with Crippen LogP contribution < -0.4 is 0 Å². The van der Waals surface area contributed by atoms with E-state index in [9.17, 15) is 0 Å². The molecule has 0 radical (unpaired) electrons. The summed E-state index contributed by atoms with van der Waals surface area (Å²) in [5.41, 5.74) is 0.430. The Kier molecular flexibility index (Phi) is 4.66. The van der Waals surface area contributed by atoms with Gasteiger partial charge in [-0.15, -0.1) is 0 Å². The van der Waals surface area contributed by atoms with Gasteiger partial charge in [0, 0.05) is 23.7 Å². The second kappa shape index (κ2) is 5.13. The fourth-order valence-corrected chi connectivity index (χ4v) is 3.23. The second-order valence-electron chi connectivity index (χ2n) is 5.17. The number of hydrogen-bond acceptors (Lipinski definition) is 3. The van der Waals surface area contributed by atoms with Crippen molar-refractivity contribution >= 4 is 24.4 Å².